The number of nitrogens with zero attached hydrogens (tertiary/aromatic N) is 1. The number of carbonyl (C=O) groups is 2. The number of benzene rings is 1. The van der Waals surface area contributed by atoms with E-state index >= 15 is 0 Å². The molecule has 2 amide bonds. The molecule has 0 spiro atoms. The van der Waals surface area contributed by atoms with Crippen molar-refractivity contribution >= 4 is 12.0 Å². The molecule has 0 N–H and O–H groups in total. The molecule has 1 aromatic rings. The predicted molar refractivity (Wildman–Crippen MR) is 67.3 cm³/mol. The quantitative estimate of drug-likeness (QED) is 0.842. The summed E-state index contributed by atoms with van der Waals surface area (Å²) in [5.74, 6) is -0.458. The molecule has 1 saturated heterocycles. The van der Waals surface area contributed by atoms with Gasteiger partial charge in [0.25, 0.3) is 0 Å². The molecule has 5 heteroatoms. The zero-order valence-electron chi connectivity index (χ0n) is 11.0. The van der Waals surface area contributed by atoms with Gasteiger partial charge in [-0.3, -0.25) is 4.79 Å². The van der Waals surface area contributed by atoms with Crippen LogP contribution in [-0.4, -0.2) is 30.1 Å². The smallest absolute Gasteiger partial charge is 0.416 e. The summed E-state index contributed by atoms with van der Waals surface area (Å²) in [6, 6.07) is 3.47. The van der Waals surface area contributed by atoms with Gasteiger partial charge in [0.15, 0.2) is 0 Å². The highest BCUT2D eigenvalue weighted by Crippen LogP contribution is 2.16. The lowest BCUT2D eigenvalue weighted by Crippen LogP contribution is -2.31. The van der Waals surface area contributed by atoms with Crippen LogP contribution in [0.3, 0.4) is 0 Å². The number of imide groups is 1. The van der Waals surface area contributed by atoms with E-state index in [0.717, 1.165) is 10.5 Å². The molecular formula is C14H16FNO3. The Morgan fingerprint density at radius 3 is 2.53 bits per heavy atom. The Balaban J connectivity index is 1.99. The van der Waals surface area contributed by atoms with E-state index in [1.165, 1.54) is 0 Å². The standard InChI is InChI=1S/C14H16FNO3/c1-9-7-11(8-10(2)13(9)15)3-4-12(17)16-5-6-19-14(16)18/h7-8H,3-6H2,1-2H3. The third kappa shape index (κ3) is 2.92. The molecule has 1 aliphatic rings. The highest BCUT2D eigenvalue weighted by atomic mass is 19.1. The van der Waals surface area contributed by atoms with Crippen LogP contribution in [0.1, 0.15) is 23.1 Å². The summed E-state index contributed by atoms with van der Waals surface area (Å²) in [6.45, 7) is 3.98. The van der Waals surface area contributed by atoms with Crippen molar-refractivity contribution in [3.63, 3.8) is 0 Å². The summed E-state index contributed by atoms with van der Waals surface area (Å²) >= 11 is 0. The fraction of sp³-hybridized carbons (Fsp3) is 0.429. The molecule has 102 valence electrons. The second-order valence-corrected chi connectivity index (χ2v) is 4.70. The molecular weight excluding hydrogens is 249 g/mol. The van der Waals surface area contributed by atoms with Gasteiger partial charge in [0, 0.05) is 6.42 Å². The Morgan fingerprint density at radius 2 is 2.00 bits per heavy atom. The normalized spacial score (nSPS) is 14.7. The topological polar surface area (TPSA) is 46.6 Å². The second-order valence-electron chi connectivity index (χ2n) is 4.70. The molecule has 0 saturated carbocycles. The van der Waals surface area contributed by atoms with Crippen LogP contribution >= 0.6 is 0 Å². The number of aryl methyl sites for hydroxylation is 3. The van der Waals surface area contributed by atoms with Gasteiger partial charge < -0.3 is 4.74 Å². The van der Waals surface area contributed by atoms with Crippen molar-refractivity contribution in [1.29, 1.82) is 0 Å². The summed E-state index contributed by atoms with van der Waals surface area (Å²) in [4.78, 5) is 24.1. The number of cyclic esters (lactones) is 1. The first-order valence-corrected chi connectivity index (χ1v) is 6.22. The van der Waals surface area contributed by atoms with Crippen LogP contribution in [0.5, 0.6) is 0 Å². The van der Waals surface area contributed by atoms with Crippen LogP contribution in [-0.2, 0) is 16.0 Å². The zero-order chi connectivity index (χ0) is 14.0. The number of hydrogen-bond acceptors (Lipinski definition) is 3. The Kier molecular flexibility index (Phi) is 3.83. The van der Waals surface area contributed by atoms with E-state index in [4.69, 9.17) is 4.74 Å². The highest BCUT2D eigenvalue weighted by molar-refractivity contribution is 5.93. The summed E-state index contributed by atoms with van der Waals surface area (Å²) < 4.78 is 18.2. The van der Waals surface area contributed by atoms with Crippen LogP contribution in [0.15, 0.2) is 12.1 Å². The maximum absolute atomic E-state index is 13.5. The summed E-state index contributed by atoms with van der Waals surface area (Å²) in [6.07, 6.45) is 0.140. The van der Waals surface area contributed by atoms with Gasteiger partial charge in [0.1, 0.15) is 12.4 Å². The van der Waals surface area contributed by atoms with Gasteiger partial charge in [0.2, 0.25) is 5.91 Å². The van der Waals surface area contributed by atoms with Crippen molar-refractivity contribution < 1.29 is 18.7 Å². The van der Waals surface area contributed by atoms with Gasteiger partial charge in [-0.2, -0.15) is 0 Å². The number of halogens is 1. The Labute approximate surface area is 111 Å². The zero-order valence-corrected chi connectivity index (χ0v) is 11.0. The third-order valence-corrected chi connectivity index (χ3v) is 3.19. The lowest BCUT2D eigenvalue weighted by Gasteiger charge is -2.11. The van der Waals surface area contributed by atoms with Crippen LogP contribution in [0.2, 0.25) is 0 Å². The van der Waals surface area contributed by atoms with Crippen molar-refractivity contribution in [2.75, 3.05) is 13.2 Å². The monoisotopic (exact) mass is 265 g/mol. The number of hydrogen-bond donors (Lipinski definition) is 0. The minimum Gasteiger partial charge on any atom is -0.447 e. The van der Waals surface area contributed by atoms with E-state index in [1.54, 1.807) is 26.0 Å². The fourth-order valence-electron chi connectivity index (χ4n) is 2.19. The van der Waals surface area contributed by atoms with Gasteiger partial charge >= 0.3 is 6.09 Å². The molecule has 1 fully saturated rings. The number of ether oxygens (including phenoxy) is 1. The first kappa shape index (κ1) is 13.5. The lowest BCUT2D eigenvalue weighted by molar-refractivity contribution is -0.127. The van der Waals surface area contributed by atoms with E-state index in [2.05, 4.69) is 0 Å². The maximum atomic E-state index is 13.5. The molecule has 0 aliphatic carbocycles. The Hall–Kier alpha value is -1.91. The predicted octanol–water partition coefficient (Wildman–Crippen LogP) is 2.35. The van der Waals surface area contributed by atoms with Gasteiger partial charge in [-0.25, -0.2) is 14.1 Å². The van der Waals surface area contributed by atoms with Crippen molar-refractivity contribution in [1.82, 2.24) is 4.90 Å². The van der Waals surface area contributed by atoms with Gasteiger partial charge in [0.05, 0.1) is 6.54 Å². The first-order valence-electron chi connectivity index (χ1n) is 6.22. The van der Waals surface area contributed by atoms with Crippen molar-refractivity contribution in [2.24, 2.45) is 0 Å². The molecule has 0 unspecified atom stereocenters. The molecule has 19 heavy (non-hydrogen) atoms. The number of carbonyl (C=O) groups excluding carboxylic acids is 2. The van der Waals surface area contributed by atoms with Crippen LogP contribution < -0.4 is 0 Å². The van der Waals surface area contributed by atoms with Crippen LogP contribution in [0.25, 0.3) is 0 Å². The number of amides is 2. The van der Waals surface area contributed by atoms with Crippen LogP contribution in [0.4, 0.5) is 9.18 Å². The average Bonchev–Trinajstić information content (AvgIpc) is 2.79. The SMILES string of the molecule is Cc1cc(CCC(=O)N2CCOC2=O)cc(C)c1F. The lowest BCUT2D eigenvalue weighted by atomic mass is 10.0. The third-order valence-electron chi connectivity index (χ3n) is 3.19. The van der Waals surface area contributed by atoms with Gasteiger partial charge in [-0.05, 0) is 37.0 Å². The summed E-state index contributed by atoms with van der Waals surface area (Å²) in [5, 5.41) is 0. The molecule has 1 aliphatic heterocycles. The van der Waals surface area contributed by atoms with Crippen molar-refractivity contribution in [3.05, 3.63) is 34.6 Å². The fourth-order valence-corrected chi connectivity index (χ4v) is 2.19. The van der Waals surface area contributed by atoms with E-state index < -0.39 is 6.09 Å². The maximum Gasteiger partial charge on any atom is 0.416 e. The second kappa shape index (κ2) is 5.38. The average molecular weight is 265 g/mol. The van der Waals surface area contributed by atoms with E-state index in [-0.39, 0.29) is 24.8 Å². The minimum absolute atomic E-state index is 0.210. The Bertz CT molecular complexity index is 504. The molecule has 2 rings (SSSR count). The highest BCUT2D eigenvalue weighted by Gasteiger charge is 2.27. The molecule has 0 aromatic heterocycles. The Morgan fingerprint density at radius 1 is 1.37 bits per heavy atom. The largest absolute Gasteiger partial charge is 0.447 e. The minimum atomic E-state index is -0.573. The molecule has 1 aromatic carbocycles. The van der Waals surface area contributed by atoms with Crippen LogP contribution in [0, 0.1) is 19.7 Å². The molecule has 1 heterocycles. The van der Waals surface area contributed by atoms with E-state index in [9.17, 15) is 14.0 Å². The molecule has 0 bridgehead atoms. The molecule has 0 atom stereocenters. The van der Waals surface area contributed by atoms with Gasteiger partial charge in [-0.15, -0.1) is 0 Å². The molecule has 0 radical (unpaired) electrons. The van der Waals surface area contributed by atoms with Gasteiger partial charge in [-0.1, -0.05) is 12.1 Å². The van der Waals surface area contributed by atoms with Crippen molar-refractivity contribution in [3.8, 4) is 0 Å². The number of rotatable bonds is 3. The first-order chi connectivity index (χ1) is 8.99. The molecule has 4 nitrogen and oxygen atoms in total. The van der Waals surface area contributed by atoms with Crippen molar-refractivity contribution in [2.45, 2.75) is 26.7 Å². The van der Waals surface area contributed by atoms with E-state index in [1.807, 2.05) is 0 Å². The summed E-state index contributed by atoms with van der Waals surface area (Å²) in [5.41, 5.74) is 2.04. The summed E-state index contributed by atoms with van der Waals surface area (Å²) in [7, 11) is 0. The van der Waals surface area contributed by atoms with E-state index in [0.29, 0.717) is 24.1 Å².